The predicted molar refractivity (Wildman–Crippen MR) is 183 cm³/mol. The van der Waals surface area contributed by atoms with Crippen molar-refractivity contribution in [1.29, 1.82) is 0 Å². The molecule has 3 saturated heterocycles. The minimum absolute atomic E-state index is 0.0854. The summed E-state index contributed by atoms with van der Waals surface area (Å²) in [4.78, 5) is 25.8. The largest absolute Gasteiger partial charge is 0.744 e. The third kappa shape index (κ3) is 6.78. The van der Waals surface area contributed by atoms with Crippen LogP contribution < -0.4 is 4.74 Å². The first-order valence-electron chi connectivity index (χ1n) is 19.2. The lowest BCUT2D eigenvalue weighted by molar-refractivity contribution is -0.143. The highest BCUT2D eigenvalue weighted by molar-refractivity contribution is 7.87. The van der Waals surface area contributed by atoms with Crippen LogP contribution in [0.4, 0.5) is 17.6 Å². The summed E-state index contributed by atoms with van der Waals surface area (Å²) in [5.74, 6) is -16.2. The molecule has 11 nitrogen and oxygen atoms in total. The van der Waals surface area contributed by atoms with Gasteiger partial charge in [0.25, 0.3) is 10.1 Å². The lowest BCUT2D eigenvalue weighted by Gasteiger charge is -2.33. The zero-order valence-electron chi connectivity index (χ0n) is 29.8. The number of carbonyl (C=O) groups excluding carboxylic acids is 2. The monoisotopic (exact) mass is 813 g/mol. The van der Waals surface area contributed by atoms with Crippen LogP contribution in [0.3, 0.4) is 0 Å². The average molecular weight is 814 g/mol. The maximum absolute atomic E-state index is 14.9. The van der Waals surface area contributed by atoms with Crippen LogP contribution >= 0.6 is 0 Å². The molecule has 3 aliphatic heterocycles. The van der Waals surface area contributed by atoms with E-state index in [-0.39, 0.29) is 11.8 Å². The van der Waals surface area contributed by atoms with Crippen molar-refractivity contribution < 1.29 is 66.9 Å². The fraction of sp³-hybridized carbons (Fsp3) is 0.632. The van der Waals surface area contributed by atoms with Crippen molar-refractivity contribution in [2.45, 2.75) is 149 Å². The average Bonchev–Trinajstić information content (AvgIpc) is 3.79. The molecule has 2 aromatic carbocycles. The van der Waals surface area contributed by atoms with Gasteiger partial charge in [-0.05, 0) is 73.0 Å². The van der Waals surface area contributed by atoms with Gasteiger partial charge < -0.3 is 18.8 Å². The van der Waals surface area contributed by atoms with Crippen LogP contribution in [-0.4, -0.2) is 63.0 Å². The predicted octanol–water partition coefficient (Wildman–Crippen LogP) is 6.92. The number of ether oxygens (including phenoxy) is 3. The first kappa shape index (κ1) is 38.7. The van der Waals surface area contributed by atoms with Gasteiger partial charge in [0, 0.05) is 0 Å². The van der Waals surface area contributed by atoms with Crippen LogP contribution in [-0.2, 0) is 38.7 Å². The first-order chi connectivity index (χ1) is 26.2. The summed E-state index contributed by atoms with van der Waals surface area (Å²) in [6.07, 6.45) is 9.39. The van der Waals surface area contributed by atoms with Crippen molar-refractivity contribution in [3.63, 3.8) is 0 Å². The Morgan fingerprint density at radius 2 is 1.20 bits per heavy atom. The molecule has 0 aromatic heterocycles. The zero-order valence-corrected chi connectivity index (χ0v) is 31.4. The number of esters is 2. The van der Waals surface area contributed by atoms with E-state index >= 15 is 0 Å². The molecule has 0 spiro atoms. The maximum atomic E-state index is 14.9. The first-order valence-corrected chi connectivity index (χ1v) is 22.0. The van der Waals surface area contributed by atoms with Crippen molar-refractivity contribution in [3.05, 3.63) is 57.7 Å². The highest BCUT2D eigenvalue weighted by Gasteiger charge is 2.74. The molecule has 300 valence electrons. The van der Waals surface area contributed by atoms with E-state index in [2.05, 4.69) is 16.9 Å². The molecule has 2 aromatic rings. The highest BCUT2D eigenvalue weighted by Crippen LogP contribution is 2.53. The number of fused-ring (bicyclic) bond motifs is 1. The number of benzene rings is 2. The van der Waals surface area contributed by atoms with Gasteiger partial charge in [-0.15, -0.1) is 0 Å². The minimum atomic E-state index is -6.06. The summed E-state index contributed by atoms with van der Waals surface area (Å²) in [5, 5.41) is -1.79. The Balaban J connectivity index is 1.15. The van der Waals surface area contributed by atoms with Gasteiger partial charge in [-0.1, -0.05) is 69.9 Å². The molecular weight excluding hydrogens is 773 g/mol. The number of hydrogen-bond donors (Lipinski definition) is 0. The van der Waals surface area contributed by atoms with Crippen molar-refractivity contribution in [2.24, 2.45) is 5.92 Å². The summed E-state index contributed by atoms with van der Waals surface area (Å²) < 4.78 is 141. The molecule has 17 heteroatoms. The van der Waals surface area contributed by atoms with E-state index in [1.165, 1.54) is 12.0 Å². The van der Waals surface area contributed by atoms with E-state index in [1.807, 2.05) is 0 Å². The molecule has 2 bridgehead atoms. The van der Waals surface area contributed by atoms with Gasteiger partial charge in [0.15, 0.2) is 17.7 Å². The number of carbonyl (C=O) groups is 2. The Bertz CT molecular complexity index is 2040. The Morgan fingerprint density at radius 1 is 0.709 bits per heavy atom. The second-order valence-electron chi connectivity index (χ2n) is 15.8. The van der Waals surface area contributed by atoms with Crippen LogP contribution in [0.2, 0.25) is 0 Å². The van der Waals surface area contributed by atoms with Crippen LogP contribution in [0.5, 0.6) is 5.75 Å². The third-order valence-electron chi connectivity index (χ3n) is 12.6. The molecule has 6 unspecified atom stereocenters. The molecule has 3 heterocycles. The quantitative estimate of drug-likeness (QED) is 0.0680. The smallest absolute Gasteiger partial charge is 0.339 e. The third-order valence-corrected chi connectivity index (χ3v) is 15.2. The number of halogens is 4. The molecule has 3 aliphatic carbocycles. The molecule has 6 aliphatic rings. The molecule has 0 radical (unpaired) electrons. The minimum Gasteiger partial charge on any atom is -0.744 e. The van der Waals surface area contributed by atoms with Gasteiger partial charge in [0.2, 0.25) is 17.4 Å². The van der Waals surface area contributed by atoms with Gasteiger partial charge in [-0.3, -0.25) is 8.98 Å². The van der Waals surface area contributed by atoms with Gasteiger partial charge >= 0.3 is 11.9 Å². The maximum Gasteiger partial charge on any atom is 0.339 e. The van der Waals surface area contributed by atoms with E-state index in [9.17, 15) is 48.5 Å². The van der Waals surface area contributed by atoms with Gasteiger partial charge in [-0.2, -0.15) is 17.2 Å². The van der Waals surface area contributed by atoms with Crippen LogP contribution in [0.25, 0.3) is 0 Å². The summed E-state index contributed by atoms with van der Waals surface area (Å²) >= 11 is 0. The van der Waals surface area contributed by atoms with Crippen molar-refractivity contribution in [1.82, 2.24) is 0 Å². The summed E-state index contributed by atoms with van der Waals surface area (Å²) in [5.41, 5.74) is 3.42. The topological polar surface area (TPSA) is 162 Å². The number of rotatable bonds is 8. The van der Waals surface area contributed by atoms with E-state index in [4.69, 9.17) is 13.7 Å². The lowest BCUT2D eigenvalue weighted by Crippen LogP contribution is -2.50. The molecule has 0 N–H and O–H groups in total. The fourth-order valence-electron chi connectivity index (χ4n) is 10.1. The Kier molecular flexibility index (Phi) is 10.3. The Hall–Kier alpha value is -3.12. The van der Waals surface area contributed by atoms with E-state index < -0.39 is 102 Å². The van der Waals surface area contributed by atoms with E-state index in [0.717, 1.165) is 101 Å². The lowest BCUT2D eigenvalue weighted by atomic mass is 9.73. The molecule has 55 heavy (non-hydrogen) atoms. The molecule has 3 saturated carbocycles. The molecule has 0 amide bonds. The molecule has 6 fully saturated rings. The van der Waals surface area contributed by atoms with Crippen molar-refractivity contribution in [3.8, 4) is 5.75 Å². The van der Waals surface area contributed by atoms with Gasteiger partial charge in [0.05, 0.1) is 5.56 Å². The van der Waals surface area contributed by atoms with E-state index in [1.54, 1.807) is 0 Å². The van der Waals surface area contributed by atoms with Crippen LogP contribution in [0.1, 0.15) is 141 Å². The SMILES string of the molecule is O=C(OC1C2OS(=O)(=O)C3C2OC1C3C(=O)Oc1c(F)c(F)c(S(=O)(=O)[O-])c(F)c1F)c1c(C2CCCCC2)cc(C2CCCCC2)cc1C1CCCCC1. The number of hydrogen-bond acceptors (Lipinski definition) is 11. The molecular formula is C38H41F4O11S2-. The van der Waals surface area contributed by atoms with Gasteiger partial charge in [0.1, 0.15) is 44.5 Å². The van der Waals surface area contributed by atoms with Crippen LogP contribution in [0, 0.1) is 29.2 Å². The zero-order chi connectivity index (χ0) is 39.0. The second-order valence-corrected chi connectivity index (χ2v) is 18.9. The van der Waals surface area contributed by atoms with E-state index in [0.29, 0.717) is 11.5 Å². The van der Waals surface area contributed by atoms with Gasteiger partial charge in [-0.25, -0.2) is 22.0 Å². The molecule has 8 rings (SSSR count). The molecule has 6 atom stereocenters. The Labute approximate surface area is 316 Å². The van der Waals surface area contributed by atoms with Crippen molar-refractivity contribution >= 4 is 32.2 Å². The summed E-state index contributed by atoms with van der Waals surface area (Å²) in [6, 6.07) is 4.31. The standard InChI is InChI=1S/C38H42F4O11S2/c39-26-28(41)36(54(45,46)47)29(42)27(40)31(26)51-38(44)25-30-32(33-34(50-30)35(25)55(48,49)53-33)52-37(43)24-22(19-12-6-2-7-13-19)16-21(18-10-4-1-5-11-18)17-23(24)20-14-8-3-9-15-20/h16-20,25,30,32-35H,1-15H2,(H,45,46,47)/p-1. The summed E-state index contributed by atoms with van der Waals surface area (Å²) in [6.45, 7) is 0. The fourth-order valence-corrected chi connectivity index (χ4v) is 12.5. The second kappa shape index (κ2) is 14.7. The summed E-state index contributed by atoms with van der Waals surface area (Å²) in [7, 11) is -10.7. The normalized spacial score (nSPS) is 29.8. The highest BCUT2D eigenvalue weighted by atomic mass is 32.2. The van der Waals surface area contributed by atoms with Crippen LogP contribution in [0.15, 0.2) is 17.0 Å². The Morgan fingerprint density at radius 3 is 1.69 bits per heavy atom. The van der Waals surface area contributed by atoms with Crippen molar-refractivity contribution in [2.75, 3.05) is 0 Å².